The first-order valence-electron chi connectivity index (χ1n) is 10.2. The third-order valence-electron chi connectivity index (χ3n) is 5.06. The maximum absolute atomic E-state index is 11.2. The predicted molar refractivity (Wildman–Crippen MR) is 109 cm³/mol. The summed E-state index contributed by atoms with van der Waals surface area (Å²) < 4.78 is 16.9. The largest absolute Gasteiger partial charge is 1.00 e. The number of carbonyl (C=O) groups excluding carboxylic acids is 1. The molecule has 0 aromatic heterocycles. The number of hydrogen-bond acceptors (Lipinski definition) is 9. The van der Waals surface area contributed by atoms with Gasteiger partial charge in [-0.05, 0) is 11.5 Å². The Bertz CT molecular complexity index is 877. The van der Waals surface area contributed by atoms with Crippen molar-refractivity contribution in [1.82, 2.24) is 5.32 Å². The molecule has 0 aliphatic carbocycles. The van der Waals surface area contributed by atoms with Crippen molar-refractivity contribution in [2.75, 3.05) is 13.2 Å². The quantitative estimate of drug-likeness (QED) is 0.279. The van der Waals surface area contributed by atoms with Crippen LogP contribution in [-0.2, 0) is 14.3 Å². The van der Waals surface area contributed by atoms with Crippen LogP contribution in [0.1, 0.15) is 13.8 Å². The van der Waals surface area contributed by atoms with Crippen LogP contribution in [0.5, 0.6) is 5.75 Å². The second-order valence-electron chi connectivity index (χ2n) is 7.83. The van der Waals surface area contributed by atoms with Gasteiger partial charge in [0.2, 0.25) is 0 Å². The van der Waals surface area contributed by atoms with Crippen molar-refractivity contribution in [3.05, 3.63) is 42.5 Å². The number of carboxylic acid groups (broad SMARTS) is 1. The number of aliphatic hydroxyl groups excluding tert-OH is 3. The monoisotopic (exact) mass is 457 g/mol. The molecule has 1 saturated heterocycles. The van der Waals surface area contributed by atoms with Gasteiger partial charge >= 0.3 is 29.6 Å². The van der Waals surface area contributed by atoms with Crippen molar-refractivity contribution >= 4 is 16.7 Å². The summed E-state index contributed by atoms with van der Waals surface area (Å²) in [5.74, 6) is -1.07. The molecular formula is C22H28NNaO8. The standard InChI is InChI=1S/C22H29NO8.Na/c1-12(2)23-10-14(11-29-16-9-5-7-13-6-3-4-8-15(13)16)30-22-19(26)17(24)18(25)20(31-22)21(27)28;/h3-9,12,14,17-20,22-26H,10-11H2,1-2H3,(H,27,28);/q;+1/p-1/t14?,17?,18-,19?,20?,22+;/m0./s1. The van der Waals surface area contributed by atoms with Crippen LogP contribution < -0.4 is 44.7 Å². The van der Waals surface area contributed by atoms with Gasteiger partial charge in [-0.1, -0.05) is 50.2 Å². The van der Waals surface area contributed by atoms with Crippen molar-refractivity contribution in [2.45, 2.75) is 56.7 Å². The number of rotatable bonds is 9. The number of aliphatic carboxylic acids is 1. The Kier molecular flexibility index (Phi) is 10.3. The van der Waals surface area contributed by atoms with Crippen LogP contribution in [0.3, 0.4) is 0 Å². The average molecular weight is 457 g/mol. The zero-order valence-electron chi connectivity index (χ0n) is 18.4. The minimum atomic E-state index is -1.83. The molecule has 6 atom stereocenters. The Morgan fingerprint density at radius 3 is 2.47 bits per heavy atom. The number of benzene rings is 2. The molecule has 2 aromatic rings. The first-order valence-corrected chi connectivity index (χ1v) is 10.2. The van der Waals surface area contributed by atoms with E-state index in [1.165, 1.54) is 0 Å². The summed E-state index contributed by atoms with van der Waals surface area (Å²) in [5, 5.41) is 46.4. The molecule has 170 valence electrons. The van der Waals surface area contributed by atoms with Crippen LogP contribution in [-0.4, -0.2) is 77.3 Å². The first-order chi connectivity index (χ1) is 14.8. The normalized spacial score (nSPS) is 26.5. The maximum atomic E-state index is 11.2. The summed E-state index contributed by atoms with van der Waals surface area (Å²) in [6.45, 7) is 4.26. The van der Waals surface area contributed by atoms with E-state index in [0.29, 0.717) is 12.3 Å². The zero-order valence-corrected chi connectivity index (χ0v) is 20.4. The molecule has 0 radical (unpaired) electrons. The van der Waals surface area contributed by atoms with Gasteiger partial charge in [-0.15, -0.1) is 0 Å². The van der Waals surface area contributed by atoms with Gasteiger partial charge < -0.3 is 44.7 Å². The van der Waals surface area contributed by atoms with Gasteiger partial charge in [0.1, 0.15) is 42.9 Å². The van der Waals surface area contributed by atoms with Crippen LogP contribution in [0.25, 0.3) is 10.8 Å². The fourth-order valence-electron chi connectivity index (χ4n) is 3.36. The number of aliphatic hydroxyl groups is 3. The summed E-state index contributed by atoms with van der Waals surface area (Å²) in [7, 11) is 0. The smallest absolute Gasteiger partial charge is 0.547 e. The number of ether oxygens (including phenoxy) is 3. The van der Waals surface area contributed by atoms with Crippen molar-refractivity contribution in [1.29, 1.82) is 0 Å². The van der Waals surface area contributed by atoms with Gasteiger partial charge in [-0.25, -0.2) is 0 Å². The Morgan fingerprint density at radius 1 is 1.09 bits per heavy atom. The van der Waals surface area contributed by atoms with Crippen molar-refractivity contribution in [3.63, 3.8) is 0 Å². The average Bonchev–Trinajstić information content (AvgIpc) is 2.75. The molecule has 1 aliphatic rings. The SMILES string of the molecule is CC(C)NCC(COc1cccc2ccccc12)O[C@@H]1OC(C(=O)[O-])[C@@H](O)C(O)C1O.[Na+]. The molecule has 1 heterocycles. The van der Waals surface area contributed by atoms with E-state index in [-0.39, 0.29) is 42.2 Å². The summed E-state index contributed by atoms with van der Waals surface area (Å²) in [6.07, 6.45) is -9.23. The topological polar surface area (TPSA) is 141 Å². The molecule has 0 saturated carbocycles. The third-order valence-corrected chi connectivity index (χ3v) is 5.06. The fraction of sp³-hybridized carbons (Fsp3) is 0.500. The molecule has 0 spiro atoms. The van der Waals surface area contributed by atoms with E-state index >= 15 is 0 Å². The Balaban J connectivity index is 0.00000363. The number of carbonyl (C=O) groups is 1. The fourth-order valence-corrected chi connectivity index (χ4v) is 3.36. The number of carboxylic acids is 1. The minimum absolute atomic E-state index is 0. The molecule has 32 heavy (non-hydrogen) atoms. The molecule has 3 rings (SSSR count). The molecule has 4 unspecified atom stereocenters. The van der Waals surface area contributed by atoms with E-state index in [4.69, 9.17) is 14.2 Å². The van der Waals surface area contributed by atoms with Gasteiger partial charge in [0.15, 0.2) is 6.29 Å². The van der Waals surface area contributed by atoms with Crippen molar-refractivity contribution in [3.8, 4) is 5.75 Å². The Labute approximate surface area is 208 Å². The van der Waals surface area contributed by atoms with Crippen molar-refractivity contribution in [2.24, 2.45) is 0 Å². The molecule has 0 bridgehead atoms. The van der Waals surface area contributed by atoms with Crippen molar-refractivity contribution < 1.29 is 69.0 Å². The van der Waals surface area contributed by atoms with Gasteiger partial charge in [0.05, 0.1) is 5.97 Å². The second kappa shape index (κ2) is 12.3. The molecule has 10 heteroatoms. The second-order valence-corrected chi connectivity index (χ2v) is 7.83. The first kappa shape index (κ1) is 27.0. The predicted octanol–water partition coefficient (Wildman–Crippen LogP) is -3.84. The molecule has 1 fully saturated rings. The van der Waals surface area contributed by atoms with E-state index in [1.807, 2.05) is 56.3 Å². The van der Waals surface area contributed by atoms with Crippen LogP contribution in [0, 0.1) is 0 Å². The van der Waals surface area contributed by atoms with E-state index in [1.54, 1.807) is 0 Å². The van der Waals surface area contributed by atoms with Gasteiger partial charge in [0.25, 0.3) is 0 Å². The zero-order chi connectivity index (χ0) is 22.5. The van der Waals surface area contributed by atoms with Gasteiger partial charge in [-0.3, -0.25) is 0 Å². The molecular weight excluding hydrogens is 429 g/mol. The maximum Gasteiger partial charge on any atom is 1.00 e. The van der Waals surface area contributed by atoms with E-state index < -0.39 is 42.8 Å². The van der Waals surface area contributed by atoms with Crippen LogP contribution in [0.15, 0.2) is 42.5 Å². The summed E-state index contributed by atoms with van der Waals surface area (Å²) in [5.41, 5.74) is 0. The Hall–Kier alpha value is -1.27. The van der Waals surface area contributed by atoms with Crippen LogP contribution in [0.4, 0.5) is 0 Å². The summed E-state index contributed by atoms with van der Waals surface area (Å²) >= 11 is 0. The summed E-state index contributed by atoms with van der Waals surface area (Å²) in [6, 6.07) is 13.5. The molecule has 0 amide bonds. The number of hydrogen-bond donors (Lipinski definition) is 4. The third kappa shape index (κ3) is 6.63. The van der Waals surface area contributed by atoms with E-state index in [0.717, 1.165) is 10.8 Å². The Morgan fingerprint density at radius 2 is 1.78 bits per heavy atom. The van der Waals surface area contributed by atoms with E-state index in [2.05, 4.69) is 5.32 Å². The molecule has 2 aromatic carbocycles. The summed E-state index contributed by atoms with van der Waals surface area (Å²) in [4.78, 5) is 11.2. The number of fused-ring (bicyclic) bond motifs is 1. The van der Waals surface area contributed by atoms with Gasteiger partial charge in [0, 0.05) is 18.0 Å². The minimum Gasteiger partial charge on any atom is -0.547 e. The van der Waals surface area contributed by atoms with Gasteiger partial charge in [-0.2, -0.15) is 0 Å². The van der Waals surface area contributed by atoms with Crippen LogP contribution >= 0.6 is 0 Å². The molecule has 1 aliphatic heterocycles. The number of nitrogens with one attached hydrogen (secondary N) is 1. The molecule has 4 N–H and O–H groups in total. The van der Waals surface area contributed by atoms with E-state index in [9.17, 15) is 25.2 Å². The molecule has 9 nitrogen and oxygen atoms in total. The van der Waals surface area contributed by atoms with Crippen LogP contribution in [0.2, 0.25) is 0 Å².